The molecule has 6 nitrogen and oxygen atoms in total. The van der Waals surface area contributed by atoms with Crippen LogP contribution in [0.25, 0.3) is 0 Å². The number of sulfone groups is 1. The van der Waals surface area contributed by atoms with E-state index in [0.29, 0.717) is 16.7 Å². The lowest BCUT2D eigenvalue weighted by Crippen LogP contribution is -2.37. The smallest absolute Gasteiger partial charge is 0.274 e. The fourth-order valence-electron chi connectivity index (χ4n) is 2.89. The Kier molecular flexibility index (Phi) is 5.19. The second-order valence-electron chi connectivity index (χ2n) is 5.74. The first-order valence-electron chi connectivity index (χ1n) is 7.37. The normalized spacial score (nSPS) is 26.8. The minimum Gasteiger partial charge on any atom is -0.375 e. The Morgan fingerprint density at radius 2 is 2.17 bits per heavy atom. The molecule has 130 valence electrons. The van der Waals surface area contributed by atoms with Gasteiger partial charge in [-0.2, -0.15) is 4.99 Å². The van der Waals surface area contributed by atoms with Crippen LogP contribution in [0.3, 0.4) is 0 Å². The molecule has 0 bridgehead atoms. The van der Waals surface area contributed by atoms with Gasteiger partial charge in [-0.05, 0) is 11.6 Å². The monoisotopic (exact) mass is 388 g/mol. The number of rotatable bonds is 4. The van der Waals surface area contributed by atoms with E-state index in [0.717, 1.165) is 5.56 Å². The predicted octanol–water partition coefficient (Wildman–Crippen LogP) is 1.58. The number of ether oxygens (including phenoxy) is 1. The van der Waals surface area contributed by atoms with Gasteiger partial charge in [-0.25, -0.2) is 8.42 Å². The number of fused-ring (bicyclic) bond motifs is 1. The number of carbonyl (C=O) groups excluding carboxylic acids is 1. The zero-order valence-corrected chi connectivity index (χ0v) is 15.4. The lowest BCUT2D eigenvalue weighted by Gasteiger charge is -2.24. The number of benzene rings is 1. The molecular weight excluding hydrogens is 372 g/mol. The first-order chi connectivity index (χ1) is 11.4. The highest BCUT2D eigenvalue weighted by molar-refractivity contribution is 8.15. The number of carbonyl (C=O) groups is 1. The summed E-state index contributed by atoms with van der Waals surface area (Å²) in [4.78, 5) is 17.8. The Morgan fingerprint density at radius 1 is 1.42 bits per heavy atom. The lowest BCUT2D eigenvalue weighted by molar-refractivity contribution is -0.121. The van der Waals surface area contributed by atoms with E-state index in [-0.39, 0.29) is 35.3 Å². The van der Waals surface area contributed by atoms with Crippen molar-refractivity contribution in [3.05, 3.63) is 34.9 Å². The summed E-state index contributed by atoms with van der Waals surface area (Å²) < 4.78 is 28.7. The number of nitrogens with zero attached hydrogens (tertiary/aromatic N) is 2. The number of thioether (sulfide) groups is 1. The van der Waals surface area contributed by atoms with Crippen molar-refractivity contribution >= 4 is 44.3 Å². The molecule has 9 heteroatoms. The van der Waals surface area contributed by atoms with Crippen LogP contribution in [0.2, 0.25) is 5.02 Å². The second kappa shape index (κ2) is 7.03. The predicted molar refractivity (Wildman–Crippen MR) is 95.1 cm³/mol. The van der Waals surface area contributed by atoms with Gasteiger partial charge in [-0.3, -0.25) is 4.79 Å². The van der Waals surface area contributed by atoms with Crippen molar-refractivity contribution in [3.63, 3.8) is 0 Å². The zero-order chi connectivity index (χ0) is 17.3. The Labute approximate surface area is 150 Å². The number of amides is 1. The van der Waals surface area contributed by atoms with Gasteiger partial charge in [-0.15, -0.1) is 0 Å². The number of halogens is 1. The van der Waals surface area contributed by atoms with Gasteiger partial charge in [-0.1, -0.05) is 41.6 Å². The van der Waals surface area contributed by atoms with Crippen molar-refractivity contribution in [2.45, 2.75) is 17.8 Å². The molecular formula is C15H17ClN2O4S2. The maximum absolute atomic E-state index is 11.9. The minimum atomic E-state index is -3.06. The van der Waals surface area contributed by atoms with Crippen LogP contribution in [0.1, 0.15) is 5.56 Å². The molecule has 2 fully saturated rings. The van der Waals surface area contributed by atoms with Gasteiger partial charge in [0.2, 0.25) is 0 Å². The van der Waals surface area contributed by atoms with E-state index >= 15 is 0 Å². The van der Waals surface area contributed by atoms with Crippen LogP contribution in [0.4, 0.5) is 0 Å². The van der Waals surface area contributed by atoms with E-state index in [1.165, 1.54) is 18.9 Å². The average molecular weight is 389 g/mol. The maximum Gasteiger partial charge on any atom is 0.274 e. The topological polar surface area (TPSA) is 76.0 Å². The fraction of sp³-hybridized carbons (Fsp3) is 0.467. The van der Waals surface area contributed by atoms with E-state index < -0.39 is 9.84 Å². The van der Waals surface area contributed by atoms with Gasteiger partial charge in [0.15, 0.2) is 15.0 Å². The second-order valence-corrected chi connectivity index (χ2v) is 9.51. The Hall–Kier alpha value is -1.09. The van der Waals surface area contributed by atoms with Gasteiger partial charge >= 0.3 is 0 Å². The standard InChI is InChI=1S/C15H17ClN2O4S2/c1-22-7-14(19)17-15-18(6-10-4-2-3-5-11(10)16)12-8-24(20,21)9-13(12)23-15/h2-5,12-13H,6-9H2,1H3/t12-,13+/m1/s1. The summed E-state index contributed by atoms with van der Waals surface area (Å²) in [5.41, 5.74) is 0.872. The van der Waals surface area contributed by atoms with Gasteiger partial charge in [0.05, 0.1) is 17.5 Å². The number of amidine groups is 1. The highest BCUT2D eigenvalue weighted by atomic mass is 35.5. The summed E-state index contributed by atoms with van der Waals surface area (Å²) in [5.74, 6) is -0.196. The number of methoxy groups -OCH3 is 1. The lowest BCUT2D eigenvalue weighted by atomic mass is 10.1. The molecule has 0 spiro atoms. The van der Waals surface area contributed by atoms with Crippen LogP contribution in [0, 0.1) is 0 Å². The molecule has 3 rings (SSSR count). The van der Waals surface area contributed by atoms with E-state index in [9.17, 15) is 13.2 Å². The highest BCUT2D eigenvalue weighted by Crippen LogP contribution is 2.39. The molecule has 2 heterocycles. The quantitative estimate of drug-likeness (QED) is 0.779. The summed E-state index contributed by atoms with van der Waals surface area (Å²) in [5, 5.41) is 1.04. The van der Waals surface area contributed by atoms with Crippen LogP contribution in [-0.2, 0) is 25.9 Å². The third-order valence-electron chi connectivity index (χ3n) is 3.96. The first-order valence-corrected chi connectivity index (χ1v) is 10.4. The fourth-order valence-corrected chi connectivity index (χ4v) is 7.06. The number of hydrogen-bond acceptors (Lipinski definition) is 5. The van der Waals surface area contributed by atoms with Crippen molar-refractivity contribution in [1.29, 1.82) is 0 Å². The molecule has 2 aliphatic rings. The summed E-state index contributed by atoms with van der Waals surface area (Å²) in [6, 6.07) is 7.20. The van der Waals surface area contributed by atoms with Crippen molar-refractivity contribution in [2.75, 3.05) is 25.2 Å². The molecule has 0 aliphatic carbocycles. The summed E-state index contributed by atoms with van der Waals surface area (Å²) >= 11 is 7.57. The highest BCUT2D eigenvalue weighted by Gasteiger charge is 2.48. The minimum absolute atomic E-state index is 0.0760. The SMILES string of the molecule is COCC(=O)N=C1S[C@H]2CS(=O)(=O)C[C@H]2N1Cc1ccccc1Cl. The molecule has 1 amide bonds. The maximum atomic E-state index is 11.9. The largest absolute Gasteiger partial charge is 0.375 e. The Morgan fingerprint density at radius 3 is 2.88 bits per heavy atom. The molecule has 24 heavy (non-hydrogen) atoms. The van der Waals surface area contributed by atoms with Crippen molar-refractivity contribution in [1.82, 2.24) is 4.90 Å². The first kappa shape index (κ1) is 17.7. The molecule has 0 N–H and O–H groups in total. The molecule has 2 aliphatic heterocycles. The van der Waals surface area contributed by atoms with E-state index in [1.54, 1.807) is 6.07 Å². The molecule has 0 radical (unpaired) electrons. The van der Waals surface area contributed by atoms with Crippen LogP contribution >= 0.6 is 23.4 Å². The molecule has 1 aromatic rings. The number of hydrogen-bond donors (Lipinski definition) is 0. The van der Waals surface area contributed by atoms with Gasteiger partial charge in [0.1, 0.15) is 6.61 Å². The van der Waals surface area contributed by atoms with E-state index in [2.05, 4.69) is 4.99 Å². The van der Waals surface area contributed by atoms with Crippen molar-refractivity contribution in [2.24, 2.45) is 4.99 Å². The molecule has 2 atom stereocenters. The van der Waals surface area contributed by atoms with Crippen LogP contribution in [0.5, 0.6) is 0 Å². The summed E-state index contributed by atoms with van der Waals surface area (Å²) in [7, 11) is -1.63. The van der Waals surface area contributed by atoms with Crippen molar-refractivity contribution < 1.29 is 17.9 Å². The van der Waals surface area contributed by atoms with E-state index in [4.69, 9.17) is 16.3 Å². The molecule has 0 aromatic heterocycles. The molecule has 0 unspecified atom stereocenters. The zero-order valence-electron chi connectivity index (χ0n) is 13.0. The molecule has 2 saturated heterocycles. The van der Waals surface area contributed by atoms with Crippen molar-refractivity contribution in [3.8, 4) is 0 Å². The molecule has 0 saturated carbocycles. The summed E-state index contributed by atoms with van der Waals surface area (Å²) in [6.45, 7) is 0.320. The van der Waals surface area contributed by atoms with Crippen LogP contribution in [-0.4, -0.2) is 60.9 Å². The average Bonchev–Trinajstić information content (AvgIpc) is 2.94. The van der Waals surface area contributed by atoms with Gasteiger partial charge in [0.25, 0.3) is 5.91 Å². The third kappa shape index (κ3) is 3.77. The molecule has 1 aromatic carbocycles. The Bertz CT molecular complexity index is 781. The number of aliphatic imine (C=N–C) groups is 1. The van der Waals surface area contributed by atoms with Gasteiger partial charge < -0.3 is 9.64 Å². The van der Waals surface area contributed by atoms with E-state index in [1.807, 2.05) is 23.1 Å². The van der Waals surface area contributed by atoms with Crippen LogP contribution < -0.4 is 0 Å². The van der Waals surface area contributed by atoms with Gasteiger partial charge in [0, 0.05) is 23.9 Å². The Balaban J connectivity index is 1.90. The third-order valence-corrected chi connectivity index (χ3v) is 7.58. The summed E-state index contributed by atoms with van der Waals surface area (Å²) in [6.07, 6.45) is 0. The van der Waals surface area contributed by atoms with Crippen LogP contribution in [0.15, 0.2) is 29.3 Å².